The maximum Gasteiger partial charge on any atom is 0.259 e. The third-order valence-corrected chi connectivity index (χ3v) is 6.72. The number of likely N-dealkylation sites (N-methyl/N-ethyl adjacent to an activating group) is 1. The van der Waals surface area contributed by atoms with Crippen molar-refractivity contribution in [2.75, 3.05) is 19.6 Å². The van der Waals surface area contributed by atoms with E-state index in [1.54, 1.807) is 17.0 Å². The second-order valence-corrected chi connectivity index (χ2v) is 8.71. The number of hydrogen-bond donors (Lipinski definition) is 0. The first-order valence-corrected chi connectivity index (χ1v) is 11.5. The van der Waals surface area contributed by atoms with Gasteiger partial charge in [0.1, 0.15) is 18.2 Å². The van der Waals surface area contributed by atoms with Crippen molar-refractivity contribution in [2.45, 2.75) is 39.4 Å². The second kappa shape index (κ2) is 8.90. The van der Waals surface area contributed by atoms with Crippen LogP contribution < -0.4 is 5.56 Å². The molecule has 3 aromatic rings. The van der Waals surface area contributed by atoms with E-state index in [-0.39, 0.29) is 23.8 Å². The number of hydrogen-bond acceptors (Lipinski definition) is 4. The zero-order chi connectivity index (χ0) is 22.9. The summed E-state index contributed by atoms with van der Waals surface area (Å²) in [6.07, 6.45) is 1.49. The van der Waals surface area contributed by atoms with E-state index in [9.17, 15) is 14.0 Å². The highest BCUT2D eigenvalue weighted by Crippen LogP contribution is 2.23. The van der Waals surface area contributed by atoms with E-state index in [2.05, 4.69) is 17.9 Å². The highest BCUT2D eigenvalue weighted by atomic mass is 19.1. The monoisotopic (exact) mass is 446 g/mol. The Balaban J connectivity index is 1.52. The van der Waals surface area contributed by atoms with Crippen LogP contribution in [0.15, 0.2) is 53.3 Å². The van der Waals surface area contributed by atoms with Crippen LogP contribution in [-0.2, 0) is 37.3 Å². The number of carbonyl (C=O) groups excluding carboxylic acids is 1. The van der Waals surface area contributed by atoms with Crippen LogP contribution in [0.1, 0.15) is 29.3 Å². The Labute approximate surface area is 192 Å². The number of amides is 1. The Morgan fingerprint density at radius 2 is 1.76 bits per heavy atom. The summed E-state index contributed by atoms with van der Waals surface area (Å²) in [4.78, 5) is 35.8. The minimum absolute atomic E-state index is 0.0832. The van der Waals surface area contributed by atoms with Crippen LogP contribution >= 0.6 is 0 Å². The Bertz CT molecular complexity index is 1250. The minimum Gasteiger partial charge on any atom is -0.336 e. The van der Waals surface area contributed by atoms with E-state index < -0.39 is 0 Å². The van der Waals surface area contributed by atoms with Gasteiger partial charge < -0.3 is 4.90 Å². The van der Waals surface area contributed by atoms with Gasteiger partial charge in [-0.15, -0.1) is 0 Å². The molecule has 33 heavy (non-hydrogen) atoms. The average Bonchev–Trinajstić information content (AvgIpc) is 2.85. The molecule has 0 atom stereocenters. The number of rotatable bonds is 4. The molecule has 0 aliphatic carbocycles. The molecule has 0 bridgehead atoms. The molecule has 3 heterocycles. The van der Waals surface area contributed by atoms with Gasteiger partial charge in [0.15, 0.2) is 0 Å². The SMILES string of the molecule is CCN1CCc2nc(-c3ccc(F)cc3)n(CC(=O)N3CCc4ccccc4C3)c(=O)c2C1. The minimum atomic E-state index is -0.354. The maximum atomic E-state index is 13.6. The molecule has 1 aromatic heterocycles. The fraction of sp³-hybridized carbons (Fsp3) is 0.346. The van der Waals surface area contributed by atoms with Crippen LogP contribution in [0.4, 0.5) is 4.39 Å². The molecule has 2 aliphatic rings. The van der Waals surface area contributed by atoms with E-state index in [4.69, 9.17) is 4.98 Å². The van der Waals surface area contributed by atoms with Gasteiger partial charge in [-0.05, 0) is 48.4 Å². The lowest BCUT2D eigenvalue weighted by molar-refractivity contribution is -0.132. The molecule has 0 unspecified atom stereocenters. The lowest BCUT2D eigenvalue weighted by Gasteiger charge is -2.30. The summed E-state index contributed by atoms with van der Waals surface area (Å²) >= 11 is 0. The van der Waals surface area contributed by atoms with Crippen LogP contribution in [0.2, 0.25) is 0 Å². The molecule has 0 spiro atoms. The molecule has 170 valence electrons. The predicted molar refractivity (Wildman–Crippen MR) is 124 cm³/mol. The van der Waals surface area contributed by atoms with Crippen molar-refractivity contribution in [1.82, 2.24) is 19.4 Å². The Kier molecular flexibility index (Phi) is 5.81. The zero-order valence-corrected chi connectivity index (χ0v) is 18.8. The fourth-order valence-corrected chi connectivity index (χ4v) is 4.75. The molecule has 7 heteroatoms. The third kappa shape index (κ3) is 4.20. The summed E-state index contributed by atoms with van der Waals surface area (Å²) in [6, 6.07) is 14.1. The van der Waals surface area contributed by atoms with Crippen molar-refractivity contribution in [3.8, 4) is 11.4 Å². The highest BCUT2D eigenvalue weighted by Gasteiger charge is 2.26. The molecule has 0 saturated heterocycles. The van der Waals surface area contributed by atoms with Crippen molar-refractivity contribution in [1.29, 1.82) is 0 Å². The number of fused-ring (bicyclic) bond motifs is 2. The van der Waals surface area contributed by atoms with E-state index in [1.807, 2.05) is 18.2 Å². The van der Waals surface area contributed by atoms with Gasteiger partial charge in [0.2, 0.25) is 5.91 Å². The van der Waals surface area contributed by atoms with Crippen molar-refractivity contribution in [2.24, 2.45) is 0 Å². The van der Waals surface area contributed by atoms with Crippen LogP contribution in [0.5, 0.6) is 0 Å². The van der Waals surface area contributed by atoms with Gasteiger partial charge in [0.25, 0.3) is 5.56 Å². The van der Waals surface area contributed by atoms with E-state index in [0.29, 0.717) is 43.0 Å². The maximum absolute atomic E-state index is 13.6. The second-order valence-electron chi connectivity index (χ2n) is 8.71. The molecule has 2 aromatic carbocycles. The third-order valence-electron chi connectivity index (χ3n) is 6.72. The van der Waals surface area contributed by atoms with E-state index >= 15 is 0 Å². The molecule has 1 amide bonds. The predicted octanol–water partition coefficient (Wildman–Crippen LogP) is 3.01. The summed E-state index contributed by atoms with van der Waals surface area (Å²) in [5.74, 6) is -0.0402. The van der Waals surface area contributed by atoms with E-state index in [0.717, 1.165) is 30.8 Å². The number of carbonyl (C=O) groups is 1. The van der Waals surface area contributed by atoms with Crippen LogP contribution in [0.25, 0.3) is 11.4 Å². The number of halogens is 1. The number of aromatic nitrogens is 2. The van der Waals surface area contributed by atoms with Gasteiger partial charge in [0, 0.05) is 38.2 Å². The van der Waals surface area contributed by atoms with E-state index in [1.165, 1.54) is 22.3 Å². The van der Waals surface area contributed by atoms with Crippen LogP contribution in [0, 0.1) is 5.82 Å². The molecular weight excluding hydrogens is 419 g/mol. The Morgan fingerprint density at radius 1 is 1.00 bits per heavy atom. The lowest BCUT2D eigenvalue weighted by atomic mass is 10.00. The first-order chi connectivity index (χ1) is 16.0. The van der Waals surface area contributed by atoms with Crippen molar-refractivity contribution in [3.63, 3.8) is 0 Å². The van der Waals surface area contributed by atoms with Crippen LogP contribution in [0.3, 0.4) is 0 Å². The largest absolute Gasteiger partial charge is 0.336 e. The van der Waals surface area contributed by atoms with Crippen molar-refractivity contribution >= 4 is 5.91 Å². The molecule has 0 radical (unpaired) electrons. The van der Waals surface area contributed by atoms with Crippen molar-refractivity contribution in [3.05, 3.63) is 87.1 Å². The topological polar surface area (TPSA) is 58.4 Å². The lowest BCUT2D eigenvalue weighted by Crippen LogP contribution is -2.42. The molecule has 6 nitrogen and oxygen atoms in total. The van der Waals surface area contributed by atoms with Crippen molar-refractivity contribution < 1.29 is 9.18 Å². The van der Waals surface area contributed by atoms with Gasteiger partial charge in [-0.3, -0.25) is 19.1 Å². The number of nitrogens with zero attached hydrogens (tertiary/aromatic N) is 4. The first kappa shape index (κ1) is 21.5. The zero-order valence-electron chi connectivity index (χ0n) is 18.8. The highest BCUT2D eigenvalue weighted by molar-refractivity contribution is 5.77. The van der Waals surface area contributed by atoms with Crippen LogP contribution in [-0.4, -0.2) is 44.9 Å². The normalized spacial score (nSPS) is 15.8. The standard InChI is InChI=1S/C26H27FN4O2/c1-2-29-13-12-23-22(16-29)26(33)31(25(28-23)19-7-9-21(27)10-8-19)17-24(32)30-14-11-18-5-3-4-6-20(18)15-30/h3-10H,2,11-17H2,1H3. The Hall–Kier alpha value is -3.32. The van der Waals surface area contributed by atoms with Gasteiger partial charge in [-0.1, -0.05) is 31.2 Å². The molecule has 5 rings (SSSR count). The summed E-state index contributed by atoms with van der Waals surface area (Å²) in [5.41, 5.74) is 4.30. The summed E-state index contributed by atoms with van der Waals surface area (Å²) < 4.78 is 15.0. The quantitative estimate of drug-likeness (QED) is 0.618. The fourth-order valence-electron chi connectivity index (χ4n) is 4.75. The van der Waals surface area contributed by atoms with Gasteiger partial charge in [-0.2, -0.15) is 0 Å². The summed E-state index contributed by atoms with van der Waals surface area (Å²) in [7, 11) is 0. The number of benzene rings is 2. The average molecular weight is 447 g/mol. The summed E-state index contributed by atoms with van der Waals surface area (Å²) in [6.45, 7) is 5.38. The van der Waals surface area contributed by atoms with Gasteiger partial charge in [-0.25, -0.2) is 9.37 Å². The smallest absolute Gasteiger partial charge is 0.259 e. The first-order valence-electron chi connectivity index (χ1n) is 11.5. The molecule has 0 N–H and O–H groups in total. The summed E-state index contributed by atoms with van der Waals surface area (Å²) in [5, 5.41) is 0. The van der Waals surface area contributed by atoms with Gasteiger partial charge >= 0.3 is 0 Å². The Morgan fingerprint density at radius 3 is 2.52 bits per heavy atom. The van der Waals surface area contributed by atoms with Gasteiger partial charge in [0.05, 0.1) is 11.3 Å². The molecule has 0 fully saturated rings. The molecule has 2 aliphatic heterocycles. The molecular formula is C26H27FN4O2. The molecule has 0 saturated carbocycles.